The third-order valence-electron chi connectivity index (χ3n) is 3.25. The maximum Gasteiger partial charge on any atom is 0.227 e. The van der Waals surface area contributed by atoms with Crippen LogP contribution in [0.15, 0.2) is 18.3 Å². The molecule has 3 rings (SSSR count). The van der Waals surface area contributed by atoms with Crippen molar-refractivity contribution in [3.8, 4) is 11.3 Å². The number of fused-ring (bicyclic) bond motifs is 3. The Labute approximate surface area is 120 Å². The monoisotopic (exact) mass is 295 g/mol. The summed E-state index contributed by atoms with van der Waals surface area (Å²) in [5, 5.41) is 7.89. The highest BCUT2D eigenvalue weighted by molar-refractivity contribution is 6.42. The molecule has 1 aromatic carbocycles. The van der Waals surface area contributed by atoms with Gasteiger partial charge in [-0.05, 0) is 12.1 Å². The van der Waals surface area contributed by atoms with E-state index in [1.54, 1.807) is 23.2 Å². The van der Waals surface area contributed by atoms with Crippen LogP contribution in [-0.2, 0) is 11.3 Å². The fraction of sp³-hybridized carbons (Fsp3) is 0.231. The molecule has 1 aliphatic rings. The molecular formula is C13H11Cl2N3O. The van der Waals surface area contributed by atoms with Crippen molar-refractivity contribution in [3.05, 3.63) is 33.9 Å². The number of rotatable bonds is 1. The van der Waals surface area contributed by atoms with E-state index in [-0.39, 0.29) is 5.91 Å². The standard InChI is InChI=1S/C13H11Cl2N3O/c1-2-12(19)18-6-7-5-16-17-13(7)8-3-9(14)10(15)4-11(8)18/h3-5H,2,6H2,1H3,(H,16,17). The van der Waals surface area contributed by atoms with E-state index in [0.717, 1.165) is 22.5 Å². The lowest BCUT2D eigenvalue weighted by Crippen LogP contribution is -2.32. The van der Waals surface area contributed by atoms with Crippen LogP contribution in [0.4, 0.5) is 5.69 Å². The van der Waals surface area contributed by atoms with Gasteiger partial charge in [0.1, 0.15) is 0 Å². The van der Waals surface area contributed by atoms with Gasteiger partial charge in [0, 0.05) is 17.5 Å². The molecule has 0 bridgehead atoms. The van der Waals surface area contributed by atoms with Crippen LogP contribution in [-0.4, -0.2) is 16.1 Å². The van der Waals surface area contributed by atoms with Gasteiger partial charge in [-0.2, -0.15) is 5.10 Å². The van der Waals surface area contributed by atoms with Crippen LogP contribution in [0.1, 0.15) is 18.9 Å². The molecule has 0 atom stereocenters. The van der Waals surface area contributed by atoms with E-state index >= 15 is 0 Å². The molecule has 0 unspecified atom stereocenters. The highest BCUT2D eigenvalue weighted by Gasteiger charge is 2.27. The Morgan fingerprint density at radius 2 is 2.16 bits per heavy atom. The fourth-order valence-corrected chi connectivity index (χ4v) is 2.61. The fourth-order valence-electron chi connectivity index (χ4n) is 2.29. The summed E-state index contributed by atoms with van der Waals surface area (Å²) >= 11 is 12.1. The van der Waals surface area contributed by atoms with E-state index < -0.39 is 0 Å². The lowest BCUT2D eigenvalue weighted by molar-refractivity contribution is -0.118. The molecule has 2 heterocycles. The number of nitrogens with zero attached hydrogens (tertiary/aromatic N) is 2. The number of benzene rings is 1. The quantitative estimate of drug-likeness (QED) is 0.873. The summed E-state index contributed by atoms with van der Waals surface area (Å²) in [6, 6.07) is 3.50. The SMILES string of the molecule is CCC(=O)N1Cc2cn[nH]c2-c2cc(Cl)c(Cl)cc21. The summed E-state index contributed by atoms with van der Waals surface area (Å²) in [5.41, 5.74) is 3.51. The number of halogens is 2. The predicted molar refractivity (Wildman–Crippen MR) is 75.5 cm³/mol. The van der Waals surface area contributed by atoms with Crippen molar-refractivity contribution in [2.75, 3.05) is 4.90 Å². The summed E-state index contributed by atoms with van der Waals surface area (Å²) in [6.07, 6.45) is 2.17. The first-order valence-corrected chi connectivity index (χ1v) is 6.69. The van der Waals surface area contributed by atoms with Crippen molar-refractivity contribution in [3.63, 3.8) is 0 Å². The summed E-state index contributed by atoms with van der Waals surface area (Å²) in [6.45, 7) is 2.34. The van der Waals surface area contributed by atoms with Crippen LogP contribution < -0.4 is 4.90 Å². The van der Waals surface area contributed by atoms with Gasteiger partial charge in [0.05, 0.1) is 34.2 Å². The van der Waals surface area contributed by atoms with Crippen molar-refractivity contribution < 1.29 is 4.79 Å². The van der Waals surface area contributed by atoms with Crippen LogP contribution in [0.2, 0.25) is 10.0 Å². The largest absolute Gasteiger partial charge is 0.307 e. The average Bonchev–Trinajstić information content (AvgIpc) is 2.87. The van der Waals surface area contributed by atoms with Gasteiger partial charge in [-0.3, -0.25) is 9.89 Å². The van der Waals surface area contributed by atoms with Crippen molar-refractivity contribution >= 4 is 34.8 Å². The molecule has 19 heavy (non-hydrogen) atoms. The number of nitrogens with one attached hydrogen (secondary N) is 1. The van der Waals surface area contributed by atoms with Crippen LogP contribution in [0.25, 0.3) is 11.3 Å². The number of anilines is 1. The van der Waals surface area contributed by atoms with Crippen molar-refractivity contribution in [1.82, 2.24) is 10.2 Å². The second-order valence-electron chi connectivity index (χ2n) is 4.39. The lowest BCUT2D eigenvalue weighted by atomic mass is 10.00. The van der Waals surface area contributed by atoms with E-state index in [1.165, 1.54) is 0 Å². The Kier molecular flexibility index (Phi) is 2.99. The van der Waals surface area contributed by atoms with Crippen molar-refractivity contribution in [1.29, 1.82) is 0 Å². The third kappa shape index (κ3) is 1.91. The Balaban J connectivity index is 2.24. The van der Waals surface area contributed by atoms with Crippen LogP contribution in [0, 0.1) is 0 Å². The lowest BCUT2D eigenvalue weighted by Gasteiger charge is -2.29. The number of hydrogen-bond donors (Lipinski definition) is 1. The molecular weight excluding hydrogens is 285 g/mol. The molecule has 98 valence electrons. The number of carbonyl (C=O) groups is 1. The second-order valence-corrected chi connectivity index (χ2v) is 5.20. The number of hydrogen-bond acceptors (Lipinski definition) is 2. The molecule has 0 saturated heterocycles. The van der Waals surface area contributed by atoms with Gasteiger partial charge in [0.2, 0.25) is 5.91 Å². The zero-order valence-electron chi connectivity index (χ0n) is 10.2. The number of carbonyl (C=O) groups excluding carboxylic acids is 1. The molecule has 1 N–H and O–H groups in total. The Bertz CT molecular complexity index is 666. The van der Waals surface area contributed by atoms with E-state index in [1.807, 2.05) is 6.92 Å². The highest BCUT2D eigenvalue weighted by atomic mass is 35.5. The predicted octanol–water partition coefficient (Wildman–Crippen LogP) is 3.64. The van der Waals surface area contributed by atoms with Crippen LogP contribution >= 0.6 is 23.2 Å². The Morgan fingerprint density at radius 3 is 2.89 bits per heavy atom. The minimum Gasteiger partial charge on any atom is -0.307 e. The molecule has 4 nitrogen and oxygen atoms in total. The summed E-state index contributed by atoms with van der Waals surface area (Å²) in [7, 11) is 0. The van der Waals surface area contributed by atoms with Gasteiger partial charge >= 0.3 is 0 Å². The number of amides is 1. The Morgan fingerprint density at radius 1 is 1.42 bits per heavy atom. The van der Waals surface area contributed by atoms with E-state index in [0.29, 0.717) is 23.0 Å². The van der Waals surface area contributed by atoms with Crippen LogP contribution in [0.5, 0.6) is 0 Å². The maximum atomic E-state index is 12.1. The molecule has 1 aliphatic heterocycles. The van der Waals surface area contributed by atoms with Gasteiger partial charge in [-0.1, -0.05) is 30.1 Å². The first-order valence-electron chi connectivity index (χ1n) is 5.93. The molecule has 0 saturated carbocycles. The molecule has 0 aliphatic carbocycles. The normalized spacial score (nSPS) is 13.1. The summed E-state index contributed by atoms with van der Waals surface area (Å²) in [5.74, 6) is 0.0477. The van der Waals surface area contributed by atoms with Crippen LogP contribution in [0.3, 0.4) is 0 Å². The summed E-state index contributed by atoms with van der Waals surface area (Å²) in [4.78, 5) is 13.8. The topological polar surface area (TPSA) is 49.0 Å². The summed E-state index contributed by atoms with van der Waals surface area (Å²) < 4.78 is 0. The Hall–Kier alpha value is -1.52. The first-order chi connectivity index (χ1) is 9.11. The van der Waals surface area contributed by atoms with Gasteiger partial charge in [0.15, 0.2) is 0 Å². The molecule has 0 spiro atoms. The zero-order valence-corrected chi connectivity index (χ0v) is 11.7. The smallest absolute Gasteiger partial charge is 0.227 e. The molecule has 0 fully saturated rings. The number of aromatic amines is 1. The van der Waals surface area contributed by atoms with Gasteiger partial charge in [-0.25, -0.2) is 0 Å². The molecule has 1 aromatic heterocycles. The van der Waals surface area contributed by atoms with Crippen molar-refractivity contribution in [2.45, 2.75) is 19.9 Å². The number of aromatic nitrogens is 2. The van der Waals surface area contributed by atoms with E-state index in [2.05, 4.69) is 10.2 Å². The van der Waals surface area contributed by atoms with Crippen molar-refractivity contribution in [2.24, 2.45) is 0 Å². The zero-order chi connectivity index (χ0) is 13.6. The minimum absolute atomic E-state index is 0.0477. The minimum atomic E-state index is 0.0477. The van der Waals surface area contributed by atoms with Gasteiger partial charge < -0.3 is 4.90 Å². The molecule has 2 aromatic rings. The highest BCUT2D eigenvalue weighted by Crippen LogP contribution is 2.42. The van der Waals surface area contributed by atoms with Gasteiger partial charge in [0.25, 0.3) is 0 Å². The number of H-pyrrole nitrogens is 1. The maximum absolute atomic E-state index is 12.1. The molecule has 0 radical (unpaired) electrons. The molecule has 1 amide bonds. The second kappa shape index (κ2) is 4.54. The van der Waals surface area contributed by atoms with Gasteiger partial charge in [-0.15, -0.1) is 0 Å². The van der Waals surface area contributed by atoms with E-state index in [4.69, 9.17) is 23.2 Å². The average molecular weight is 296 g/mol. The molecule has 6 heteroatoms. The first kappa shape index (κ1) is 12.5. The van der Waals surface area contributed by atoms with E-state index in [9.17, 15) is 4.79 Å². The third-order valence-corrected chi connectivity index (χ3v) is 3.97.